The molecule has 0 fully saturated rings. The van der Waals surface area contributed by atoms with Crippen molar-refractivity contribution in [1.29, 1.82) is 0 Å². The summed E-state index contributed by atoms with van der Waals surface area (Å²) < 4.78 is 10.0. The quantitative estimate of drug-likeness (QED) is 0.633. The number of nitrogens with zero attached hydrogens (tertiary/aromatic N) is 3. The number of unbranched alkanes of at least 4 members (excludes halogenated alkanes) is 5. The highest BCUT2D eigenvalue weighted by atomic mass is 16.5. The number of hydrogen-bond acceptors (Lipinski definition) is 5. The third-order valence-electron chi connectivity index (χ3n) is 2.76. The Kier molecular flexibility index (Phi) is 7.06. The van der Waals surface area contributed by atoms with Gasteiger partial charge in [-0.2, -0.15) is 9.97 Å². The fourth-order valence-corrected chi connectivity index (χ4v) is 1.74. The molecule has 5 nitrogen and oxygen atoms in total. The van der Waals surface area contributed by atoms with Crippen LogP contribution in [-0.4, -0.2) is 29.2 Å². The van der Waals surface area contributed by atoms with Gasteiger partial charge in [0.15, 0.2) is 0 Å². The van der Waals surface area contributed by atoms with Crippen LogP contribution in [0, 0.1) is 0 Å². The van der Waals surface area contributed by atoms with Gasteiger partial charge in [0.25, 0.3) is 0 Å². The molecule has 0 aliphatic carbocycles. The lowest BCUT2D eigenvalue weighted by atomic mass is 10.1. The number of hydrogen-bond donors (Lipinski definition) is 0. The molecule has 0 N–H and O–H groups in total. The Morgan fingerprint density at radius 2 is 1.33 bits per heavy atom. The Morgan fingerprint density at radius 1 is 0.778 bits per heavy atom. The smallest absolute Gasteiger partial charge is 0.322 e. The van der Waals surface area contributed by atoms with Gasteiger partial charge in [-0.25, -0.2) is 0 Å². The Morgan fingerprint density at radius 3 is 1.89 bits per heavy atom. The lowest BCUT2D eigenvalue weighted by Gasteiger charge is -2.05. The Bertz CT molecular complexity index is 323. The molecule has 18 heavy (non-hydrogen) atoms. The minimum absolute atomic E-state index is 0.322. The van der Waals surface area contributed by atoms with Crippen LogP contribution in [0.1, 0.15) is 51.3 Å². The molecule has 0 aromatic carbocycles. The minimum Gasteiger partial charge on any atom is -0.467 e. The zero-order valence-corrected chi connectivity index (χ0v) is 11.6. The second-order valence-corrected chi connectivity index (χ2v) is 4.24. The maximum absolute atomic E-state index is 5.01. The molecule has 1 aromatic rings. The standard InChI is InChI=1S/C13H23N3O2/c1-4-5-6-7-8-9-10-11-14-12(17-2)16-13(15-11)18-3/h4-10H2,1-3H3. The molecule has 0 saturated carbocycles. The molecule has 0 aliphatic rings. The molecule has 0 spiro atoms. The average molecular weight is 253 g/mol. The fourth-order valence-electron chi connectivity index (χ4n) is 1.74. The molecule has 0 unspecified atom stereocenters. The third-order valence-corrected chi connectivity index (χ3v) is 2.76. The fraction of sp³-hybridized carbons (Fsp3) is 0.769. The highest BCUT2D eigenvalue weighted by molar-refractivity contribution is 5.05. The van der Waals surface area contributed by atoms with Crippen molar-refractivity contribution >= 4 is 0 Å². The van der Waals surface area contributed by atoms with Crippen LogP contribution in [0.4, 0.5) is 0 Å². The normalized spacial score (nSPS) is 10.4. The second-order valence-electron chi connectivity index (χ2n) is 4.24. The molecule has 1 heterocycles. The van der Waals surface area contributed by atoms with Crippen molar-refractivity contribution in [3.8, 4) is 12.0 Å². The second kappa shape index (κ2) is 8.66. The van der Waals surface area contributed by atoms with Gasteiger partial charge in [0.05, 0.1) is 14.2 Å². The topological polar surface area (TPSA) is 57.1 Å². The number of ether oxygens (including phenoxy) is 2. The van der Waals surface area contributed by atoms with Crippen LogP contribution in [0.5, 0.6) is 12.0 Å². The van der Waals surface area contributed by atoms with E-state index >= 15 is 0 Å². The summed E-state index contributed by atoms with van der Waals surface area (Å²) in [6.07, 6.45) is 8.38. The summed E-state index contributed by atoms with van der Waals surface area (Å²) in [5.74, 6) is 0.745. The molecular weight excluding hydrogens is 230 g/mol. The zero-order chi connectivity index (χ0) is 13.2. The van der Waals surface area contributed by atoms with Crippen molar-refractivity contribution in [3.05, 3.63) is 5.82 Å². The van der Waals surface area contributed by atoms with Crippen LogP contribution in [0.25, 0.3) is 0 Å². The zero-order valence-electron chi connectivity index (χ0n) is 11.6. The molecule has 1 aromatic heterocycles. The van der Waals surface area contributed by atoms with E-state index in [0.717, 1.165) is 18.7 Å². The van der Waals surface area contributed by atoms with Gasteiger partial charge in [0.2, 0.25) is 0 Å². The van der Waals surface area contributed by atoms with Gasteiger partial charge in [0, 0.05) is 6.42 Å². The van der Waals surface area contributed by atoms with Gasteiger partial charge >= 0.3 is 12.0 Å². The van der Waals surface area contributed by atoms with Gasteiger partial charge in [-0.15, -0.1) is 4.98 Å². The summed E-state index contributed by atoms with van der Waals surface area (Å²) in [6, 6.07) is 0.644. The van der Waals surface area contributed by atoms with E-state index in [1.54, 1.807) is 14.2 Å². The van der Waals surface area contributed by atoms with Crippen molar-refractivity contribution in [2.75, 3.05) is 14.2 Å². The molecule has 0 amide bonds. The first-order chi connectivity index (χ1) is 8.80. The SMILES string of the molecule is CCCCCCCCc1nc(OC)nc(OC)n1. The van der Waals surface area contributed by atoms with Crippen LogP contribution in [-0.2, 0) is 6.42 Å². The summed E-state index contributed by atoms with van der Waals surface area (Å²) in [4.78, 5) is 12.4. The maximum Gasteiger partial charge on any atom is 0.322 e. The van der Waals surface area contributed by atoms with Gasteiger partial charge in [0.1, 0.15) is 5.82 Å². The van der Waals surface area contributed by atoms with Crippen LogP contribution in [0.15, 0.2) is 0 Å². The van der Waals surface area contributed by atoms with E-state index in [-0.39, 0.29) is 0 Å². The van der Waals surface area contributed by atoms with Crippen molar-refractivity contribution in [1.82, 2.24) is 15.0 Å². The third kappa shape index (κ3) is 5.29. The molecule has 0 atom stereocenters. The highest BCUT2D eigenvalue weighted by Crippen LogP contribution is 2.12. The van der Waals surface area contributed by atoms with Crippen molar-refractivity contribution < 1.29 is 9.47 Å². The molecule has 0 aliphatic heterocycles. The number of aryl methyl sites for hydroxylation is 1. The Balaban J connectivity index is 2.36. The van der Waals surface area contributed by atoms with E-state index in [0.29, 0.717) is 12.0 Å². The van der Waals surface area contributed by atoms with Crippen molar-refractivity contribution in [2.45, 2.75) is 51.9 Å². The van der Waals surface area contributed by atoms with E-state index in [1.807, 2.05) is 0 Å². The molecule has 102 valence electrons. The monoisotopic (exact) mass is 253 g/mol. The first-order valence-electron chi connectivity index (χ1n) is 6.63. The number of rotatable bonds is 9. The number of aromatic nitrogens is 3. The highest BCUT2D eigenvalue weighted by Gasteiger charge is 2.06. The van der Waals surface area contributed by atoms with Gasteiger partial charge in [-0.3, -0.25) is 0 Å². The van der Waals surface area contributed by atoms with Crippen LogP contribution < -0.4 is 9.47 Å². The molecule has 5 heteroatoms. The molecule has 0 saturated heterocycles. The summed E-state index contributed by atoms with van der Waals surface area (Å²) in [5.41, 5.74) is 0. The predicted molar refractivity (Wildman–Crippen MR) is 70.0 cm³/mol. The van der Waals surface area contributed by atoms with Gasteiger partial charge in [-0.05, 0) is 6.42 Å². The van der Waals surface area contributed by atoms with E-state index in [4.69, 9.17) is 9.47 Å². The lowest BCUT2D eigenvalue weighted by molar-refractivity contribution is 0.336. The number of methoxy groups -OCH3 is 2. The minimum atomic E-state index is 0.322. The average Bonchev–Trinajstić information content (AvgIpc) is 2.42. The predicted octanol–water partition coefficient (Wildman–Crippen LogP) is 2.79. The van der Waals surface area contributed by atoms with E-state index in [2.05, 4.69) is 21.9 Å². The Hall–Kier alpha value is -1.39. The molecule has 0 bridgehead atoms. The van der Waals surface area contributed by atoms with Crippen molar-refractivity contribution in [3.63, 3.8) is 0 Å². The van der Waals surface area contributed by atoms with E-state index in [1.165, 1.54) is 32.1 Å². The van der Waals surface area contributed by atoms with Crippen LogP contribution in [0.3, 0.4) is 0 Å². The Labute approximate surface area is 109 Å². The van der Waals surface area contributed by atoms with Crippen molar-refractivity contribution in [2.24, 2.45) is 0 Å². The van der Waals surface area contributed by atoms with Gasteiger partial charge < -0.3 is 9.47 Å². The molecular formula is C13H23N3O2. The summed E-state index contributed by atoms with van der Waals surface area (Å²) in [5, 5.41) is 0. The summed E-state index contributed by atoms with van der Waals surface area (Å²) in [6.45, 7) is 2.23. The largest absolute Gasteiger partial charge is 0.467 e. The lowest BCUT2D eigenvalue weighted by Crippen LogP contribution is -2.03. The first-order valence-corrected chi connectivity index (χ1v) is 6.63. The van der Waals surface area contributed by atoms with Gasteiger partial charge in [-0.1, -0.05) is 39.0 Å². The van der Waals surface area contributed by atoms with Crippen LogP contribution in [0.2, 0.25) is 0 Å². The first kappa shape index (κ1) is 14.7. The van der Waals surface area contributed by atoms with Crippen LogP contribution >= 0.6 is 0 Å². The molecule has 0 radical (unpaired) electrons. The summed E-state index contributed by atoms with van der Waals surface area (Å²) >= 11 is 0. The maximum atomic E-state index is 5.01. The van der Waals surface area contributed by atoms with E-state index in [9.17, 15) is 0 Å². The molecule has 1 rings (SSSR count). The summed E-state index contributed by atoms with van der Waals surface area (Å²) in [7, 11) is 3.09. The van der Waals surface area contributed by atoms with E-state index < -0.39 is 0 Å².